The Morgan fingerprint density at radius 1 is 1.47 bits per heavy atom. The third-order valence-electron chi connectivity index (χ3n) is 3.84. The predicted molar refractivity (Wildman–Crippen MR) is 71.3 cm³/mol. The van der Waals surface area contributed by atoms with E-state index in [2.05, 4.69) is 12.2 Å². The van der Waals surface area contributed by atoms with E-state index in [0.717, 1.165) is 13.0 Å². The van der Waals surface area contributed by atoms with Gasteiger partial charge in [0.15, 0.2) is 0 Å². The van der Waals surface area contributed by atoms with E-state index in [0.29, 0.717) is 5.41 Å². The van der Waals surface area contributed by atoms with Crippen LogP contribution in [-0.2, 0) is 9.53 Å². The first-order chi connectivity index (χ1) is 7.67. The summed E-state index contributed by atoms with van der Waals surface area (Å²) in [6.45, 7) is 3.21. The molecule has 0 aromatic heterocycles. The summed E-state index contributed by atoms with van der Waals surface area (Å²) >= 11 is 0. The Morgan fingerprint density at radius 2 is 2.06 bits per heavy atom. The summed E-state index contributed by atoms with van der Waals surface area (Å²) in [4.78, 5) is 11.7. The molecule has 3 N–H and O–H groups in total. The van der Waals surface area contributed by atoms with E-state index in [4.69, 9.17) is 10.5 Å². The van der Waals surface area contributed by atoms with Gasteiger partial charge in [0.05, 0.1) is 0 Å². The molecule has 0 heterocycles. The molecule has 0 aliphatic heterocycles. The first-order valence-electron chi connectivity index (χ1n) is 6.18. The maximum atomic E-state index is 11.7. The van der Waals surface area contributed by atoms with Crippen LogP contribution in [-0.4, -0.2) is 32.2 Å². The Labute approximate surface area is 110 Å². The second-order valence-corrected chi connectivity index (χ2v) is 4.74. The van der Waals surface area contributed by atoms with Crippen molar-refractivity contribution in [1.82, 2.24) is 5.32 Å². The van der Waals surface area contributed by atoms with Crippen LogP contribution in [0.3, 0.4) is 0 Å². The highest BCUT2D eigenvalue weighted by atomic mass is 35.5. The monoisotopic (exact) mass is 264 g/mol. The van der Waals surface area contributed by atoms with Gasteiger partial charge < -0.3 is 15.8 Å². The maximum absolute atomic E-state index is 11.7. The minimum Gasteiger partial charge on any atom is -0.370 e. The van der Waals surface area contributed by atoms with Crippen LogP contribution >= 0.6 is 12.4 Å². The van der Waals surface area contributed by atoms with E-state index in [1.165, 1.54) is 32.8 Å². The quantitative estimate of drug-likeness (QED) is 0.764. The topological polar surface area (TPSA) is 64.4 Å². The van der Waals surface area contributed by atoms with E-state index in [1.54, 1.807) is 0 Å². The van der Waals surface area contributed by atoms with Gasteiger partial charge in [0.1, 0.15) is 6.10 Å². The maximum Gasteiger partial charge on any atom is 0.250 e. The fourth-order valence-electron chi connectivity index (χ4n) is 2.48. The Kier molecular flexibility index (Phi) is 7.75. The van der Waals surface area contributed by atoms with Gasteiger partial charge in [0.25, 0.3) is 0 Å². The Hall–Kier alpha value is -0.320. The summed E-state index contributed by atoms with van der Waals surface area (Å²) in [7, 11) is 1.52. The number of nitrogens with one attached hydrogen (secondary N) is 1. The first-order valence-corrected chi connectivity index (χ1v) is 6.18. The van der Waals surface area contributed by atoms with Gasteiger partial charge in [0, 0.05) is 20.2 Å². The summed E-state index contributed by atoms with van der Waals surface area (Å²) in [6, 6.07) is 0. The number of halogens is 1. The minimum atomic E-state index is -0.504. The van der Waals surface area contributed by atoms with Crippen LogP contribution in [0.15, 0.2) is 0 Å². The van der Waals surface area contributed by atoms with Crippen LogP contribution in [0.25, 0.3) is 0 Å². The zero-order valence-corrected chi connectivity index (χ0v) is 11.6. The third-order valence-corrected chi connectivity index (χ3v) is 3.84. The van der Waals surface area contributed by atoms with E-state index in [1.807, 2.05) is 0 Å². The molecule has 0 radical (unpaired) electrons. The molecule has 4 nitrogen and oxygen atoms in total. The fourth-order valence-corrected chi connectivity index (χ4v) is 2.48. The number of carbonyl (C=O) groups is 1. The number of hydrogen-bond acceptors (Lipinski definition) is 3. The minimum absolute atomic E-state index is 0. The van der Waals surface area contributed by atoms with Gasteiger partial charge in [-0.05, 0) is 24.7 Å². The number of methoxy groups -OCH3 is 1. The van der Waals surface area contributed by atoms with Crippen molar-refractivity contribution >= 4 is 18.3 Å². The van der Waals surface area contributed by atoms with Crippen molar-refractivity contribution in [3.05, 3.63) is 0 Å². The van der Waals surface area contributed by atoms with Crippen molar-refractivity contribution in [2.75, 3.05) is 20.2 Å². The zero-order valence-electron chi connectivity index (χ0n) is 10.8. The van der Waals surface area contributed by atoms with E-state index in [9.17, 15) is 4.79 Å². The normalized spacial score (nSPS) is 19.5. The van der Waals surface area contributed by atoms with E-state index < -0.39 is 6.10 Å². The second kappa shape index (κ2) is 7.90. The average molecular weight is 265 g/mol. The molecule has 5 heteroatoms. The third kappa shape index (κ3) is 4.45. The molecule has 1 unspecified atom stereocenters. The molecular formula is C12H25ClN2O2. The molecule has 0 aromatic carbocycles. The average Bonchev–Trinajstić information content (AvgIpc) is 2.77. The fraction of sp³-hybridized carbons (Fsp3) is 0.917. The highest BCUT2D eigenvalue weighted by Crippen LogP contribution is 2.40. The van der Waals surface area contributed by atoms with Crippen LogP contribution in [0.2, 0.25) is 0 Å². The number of carbonyl (C=O) groups excluding carboxylic acids is 1. The van der Waals surface area contributed by atoms with Gasteiger partial charge in [-0.3, -0.25) is 4.79 Å². The van der Waals surface area contributed by atoms with Crippen molar-refractivity contribution in [2.24, 2.45) is 11.1 Å². The summed E-state index contributed by atoms with van der Waals surface area (Å²) in [5.74, 6) is -0.0790. The van der Waals surface area contributed by atoms with Crippen LogP contribution in [0, 0.1) is 5.41 Å². The highest BCUT2D eigenvalue weighted by Gasteiger charge is 2.32. The molecule has 1 rings (SSSR count). The zero-order chi connectivity index (χ0) is 12.0. The highest BCUT2D eigenvalue weighted by molar-refractivity contribution is 5.85. The Bertz CT molecular complexity index is 227. The number of rotatable bonds is 6. The number of nitrogens with two attached hydrogens (primary N) is 1. The largest absolute Gasteiger partial charge is 0.370 e. The lowest BCUT2D eigenvalue weighted by Crippen LogP contribution is -2.44. The van der Waals surface area contributed by atoms with Crippen LogP contribution in [0.1, 0.15) is 39.0 Å². The van der Waals surface area contributed by atoms with Crippen molar-refractivity contribution in [1.29, 1.82) is 0 Å². The summed E-state index contributed by atoms with van der Waals surface area (Å²) in [6.07, 6.45) is 5.65. The van der Waals surface area contributed by atoms with Crippen molar-refractivity contribution in [3.8, 4) is 0 Å². The summed E-state index contributed by atoms with van der Waals surface area (Å²) in [5.41, 5.74) is 5.77. The Morgan fingerprint density at radius 3 is 2.47 bits per heavy atom. The molecule has 17 heavy (non-hydrogen) atoms. The first kappa shape index (κ1) is 16.7. The van der Waals surface area contributed by atoms with Crippen molar-refractivity contribution in [3.63, 3.8) is 0 Å². The standard InChI is InChI=1S/C12H24N2O2.ClH/c1-3-12(6-4-5-7-12)9-14-11(15)10(8-13)16-2;/h10H,3-9,13H2,1-2H3,(H,14,15);1H. The van der Waals surface area contributed by atoms with Gasteiger partial charge in [0.2, 0.25) is 5.91 Å². The van der Waals surface area contributed by atoms with Gasteiger partial charge >= 0.3 is 0 Å². The van der Waals surface area contributed by atoms with Gasteiger partial charge in [-0.25, -0.2) is 0 Å². The van der Waals surface area contributed by atoms with Crippen LogP contribution < -0.4 is 11.1 Å². The summed E-state index contributed by atoms with van der Waals surface area (Å²) < 4.78 is 5.01. The molecule has 0 bridgehead atoms. The number of ether oxygens (including phenoxy) is 1. The molecule has 1 fully saturated rings. The molecule has 1 saturated carbocycles. The lowest BCUT2D eigenvalue weighted by Gasteiger charge is -2.28. The number of hydrogen-bond donors (Lipinski definition) is 2. The molecule has 0 aromatic rings. The SMILES string of the molecule is CCC1(CNC(=O)C(CN)OC)CCCC1.Cl. The van der Waals surface area contributed by atoms with Gasteiger partial charge in [-0.1, -0.05) is 19.8 Å². The molecule has 0 saturated heterocycles. The Balaban J connectivity index is 0.00000256. The molecule has 0 spiro atoms. The van der Waals surface area contributed by atoms with Crippen LogP contribution in [0.4, 0.5) is 0 Å². The van der Waals surface area contributed by atoms with Gasteiger partial charge in [-0.2, -0.15) is 0 Å². The molecule has 1 amide bonds. The van der Waals surface area contributed by atoms with Crippen molar-refractivity contribution in [2.45, 2.75) is 45.1 Å². The molecule has 102 valence electrons. The predicted octanol–water partition coefficient (Wildman–Crippen LogP) is 1.47. The van der Waals surface area contributed by atoms with Crippen LogP contribution in [0.5, 0.6) is 0 Å². The van der Waals surface area contributed by atoms with Gasteiger partial charge in [-0.15, -0.1) is 12.4 Å². The lowest BCUT2D eigenvalue weighted by molar-refractivity contribution is -0.131. The summed E-state index contributed by atoms with van der Waals surface area (Å²) in [5, 5.41) is 2.97. The molecule has 1 aliphatic carbocycles. The van der Waals surface area contributed by atoms with E-state index >= 15 is 0 Å². The molecule has 1 atom stereocenters. The smallest absolute Gasteiger partial charge is 0.250 e. The lowest BCUT2D eigenvalue weighted by atomic mass is 9.83. The number of amides is 1. The molecular weight excluding hydrogens is 240 g/mol. The molecule has 1 aliphatic rings. The second-order valence-electron chi connectivity index (χ2n) is 4.74. The van der Waals surface area contributed by atoms with Crippen molar-refractivity contribution < 1.29 is 9.53 Å². The van der Waals surface area contributed by atoms with E-state index in [-0.39, 0.29) is 24.9 Å².